The summed E-state index contributed by atoms with van der Waals surface area (Å²) in [4.78, 5) is 10.7. The number of aliphatic carboxylic acids is 1. The van der Waals surface area contributed by atoms with Gasteiger partial charge in [0.2, 0.25) is 0 Å². The average molecular weight is 291 g/mol. The highest BCUT2D eigenvalue weighted by atomic mass is 19.4. The quantitative estimate of drug-likeness (QED) is 0.845. The van der Waals surface area contributed by atoms with E-state index in [9.17, 15) is 18.0 Å². The van der Waals surface area contributed by atoms with E-state index >= 15 is 0 Å². The summed E-state index contributed by atoms with van der Waals surface area (Å²) in [6.45, 7) is 1.82. The molecule has 1 aromatic carbocycles. The highest BCUT2D eigenvalue weighted by Gasteiger charge is 2.31. The molecule has 0 aliphatic rings. The van der Waals surface area contributed by atoms with Crippen molar-refractivity contribution in [1.82, 2.24) is 0 Å². The summed E-state index contributed by atoms with van der Waals surface area (Å²) in [6, 6.07) is 4.47. The summed E-state index contributed by atoms with van der Waals surface area (Å²) in [5.74, 6) is -1.69. The summed E-state index contributed by atoms with van der Waals surface area (Å²) < 4.78 is 40.3. The third kappa shape index (κ3) is 5.08. The maximum absolute atomic E-state index is 12.2. The predicted molar refractivity (Wildman–Crippen MR) is 66.4 cm³/mol. The number of carboxylic acids is 1. The SMILES string of the molecule is CCC(CC(N)C(=O)O)c1cccc(OC(F)(F)F)c1. The average Bonchev–Trinajstić information content (AvgIpc) is 2.33. The summed E-state index contributed by atoms with van der Waals surface area (Å²) in [6.07, 6.45) is -4.03. The maximum atomic E-state index is 12.2. The van der Waals surface area contributed by atoms with Crippen molar-refractivity contribution in [3.05, 3.63) is 29.8 Å². The zero-order valence-corrected chi connectivity index (χ0v) is 10.9. The number of rotatable bonds is 6. The number of halogens is 3. The van der Waals surface area contributed by atoms with Crippen molar-refractivity contribution in [3.8, 4) is 5.75 Å². The first-order valence-corrected chi connectivity index (χ1v) is 6.07. The van der Waals surface area contributed by atoms with E-state index in [1.165, 1.54) is 18.2 Å². The summed E-state index contributed by atoms with van der Waals surface area (Å²) >= 11 is 0. The number of alkyl halides is 3. The van der Waals surface area contributed by atoms with Gasteiger partial charge in [-0.1, -0.05) is 19.1 Å². The Labute approximate surface area is 114 Å². The molecule has 1 rings (SSSR count). The van der Waals surface area contributed by atoms with Crippen molar-refractivity contribution in [2.75, 3.05) is 0 Å². The molecule has 0 saturated carbocycles. The minimum absolute atomic E-state index is 0.154. The number of nitrogens with two attached hydrogens (primary N) is 1. The van der Waals surface area contributed by atoms with E-state index in [4.69, 9.17) is 10.8 Å². The molecule has 0 aromatic heterocycles. The Kier molecular flexibility index (Phi) is 5.38. The molecule has 4 nitrogen and oxygen atoms in total. The smallest absolute Gasteiger partial charge is 0.480 e. The largest absolute Gasteiger partial charge is 0.573 e. The standard InChI is InChI=1S/C13H16F3NO3/c1-2-8(7-11(17)12(18)19)9-4-3-5-10(6-9)20-13(14,15)16/h3-6,8,11H,2,7,17H2,1H3,(H,18,19). The molecular formula is C13H16F3NO3. The van der Waals surface area contributed by atoms with Crippen LogP contribution in [-0.2, 0) is 4.79 Å². The molecule has 0 spiro atoms. The van der Waals surface area contributed by atoms with Gasteiger partial charge in [-0.2, -0.15) is 0 Å². The first-order valence-electron chi connectivity index (χ1n) is 6.07. The Morgan fingerprint density at radius 1 is 1.45 bits per heavy atom. The van der Waals surface area contributed by atoms with Crippen LogP contribution < -0.4 is 10.5 Å². The Balaban J connectivity index is 2.87. The van der Waals surface area contributed by atoms with Gasteiger partial charge in [0.05, 0.1) is 0 Å². The van der Waals surface area contributed by atoms with Crippen LogP contribution in [0.15, 0.2) is 24.3 Å². The number of benzene rings is 1. The van der Waals surface area contributed by atoms with Crippen molar-refractivity contribution >= 4 is 5.97 Å². The molecule has 3 N–H and O–H groups in total. The van der Waals surface area contributed by atoms with Gasteiger partial charge in [-0.05, 0) is 36.5 Å². The van der Waals surface area contributed by atoms with Gasteiger partial charge in [0, 0.05) is 0 Å². The van der Waals surface area contributed by atoms with E-state index in [0.29, 0.717) is 12.0 Å². The molecule has 0 saturated heterocycles. The normalized spacial score (nSPS) is 14.7. The molecule has 7 heteroatoms. The minimum Gasteiger partial charge on any atom is -0.480 e. The Bertz CT molecular complexity index is 462. The van der Waals surface area contributed by atoms with E-state index in [0.717, 1.165) is 0 Å². The summed E-state index contributed by atoms with van der Waals surface area (Å²) in [5.41, 5.74) is 6.03. The van der Waals surface area contributed by atoms with Crippen molar-refractivity contribution in [2.24, 2.45) is 5.73 Å². The molecule has 0 bridgehead atoms. The van der Waals surface area contributed by atoms with Crippen LogP contribution in [-0.4, -0.2) is 23.5 Å². The zero-order chi connectivity index (χ0) is 15.3. The molecule has 20 heavy (non-hydrogen) atoms. The fraction of sp³-hybridized carbons (Fsp3) is 0.462. The molecule has 0 aliphatic heterocycles. The minimum atomic E-state index is -4.75. The van der Waals surface area contributed by atoms with Crippen LogP contribution in [0.2, 0.25) is 0 Å². The Hall–Kier alpha value is -1.76. The van der Waals surface area contributed by atoms with Gasteiger partial charge in [0.15, 0.2) is 0 Å². The first kappa shape index (κ1) is 16.3. The molecule has 0 radical (unpaired) electrons. The van der Waals surface area contributed by atoms with Crippen LogP contribution in [0.25, 0.3) is 0 Å². The van der Waals surface area contributed by atoms with Crippen LogP contribution >= 0.6 is 0 Å². The van der Waals surface area contributed by atoms with Crippen molar-refractivity contribution < 1.29 is 27.8 Å². The molecule has 2 unspecified atom stereocenters. The van der Waals surface area contributed by atoms with Gasteiger partial charge < -0.3 is 15.6 Å². The third-order valence-corrected chi connectivity index (χ3v) is 2.91. The number of carbonyl (C=O) groups is 1. The summed E-state index contributed by atoms with van der Waals surface area (Å²) in [5, 5.41) is 8.78. The monoisotopic (exact) mass is 291 g/mol. The number of ether oxygens (including phenoxy) is 1. The van der Waals surface area contributed by atoms with Crippen molar-refractivity contribution in [2.45, 2.75) is 38.1 Å². The Morgan fingerprint density at radius 3 is 2.60 bits per heavy atom. The molecule has 2 atom stereocenters. The number of hydrogen-bond donors (Lipinski definition) is 2. The second-order valence-corrected chi connectivity index (χ2v) is 4.41. The Morgan fingerprint density at radius 2 is 2.10 bits per heavy atom. The van der Waals surface area contributed by atoms with Crippen LogP contribution in [0.1, 0.15) is 31.2 Å². The molecule has 0 heterocycles. The molecule has 1 aromatic rings. The van der Waals surface area contributed by atoms with Gasteiger partial charge in [0.1, 0.15) is 11.8 Å². The fourth-order valence-corrected chi connectivity index (χ4v) is 1.91. The van der Waals surface area contributed by atoms with E-state index in [1.807, 2.05) is 6.92 Å². The lowest BCUT2D eigenvalue weighted by molar-refractivity contribution is -0.274. The summed E-state index contributed by atoms with van der Waals surface area (Å²) in [7, 11) is 0. The molecule has 0 aliphatic carbocycles. The van der Waals surface area contributed by atoms with Gasteiger partial charge in [-0.25, -0.2) is 0 Å². The highest BCUT2D eigenvalue weighted by Crippen LogP contribution is 2.29. The lowest BCUT2D eigenvalue weighted by Gasteiger charge is -2.19. The van der Waals surface area contributed by atoms with E-state index in [2.05, 4.69) is 4.74 Å². The lowest BCUT2D eigenvalue weighted by atomic mass is 9.90. The van der Waals surface area contributed by atoms with Gasteiger partial charge in [-0.15, -0.1) is 13.2 Å². The maximum Gasteiger partial charge on any atom is 0.573 e. The predicted octanol–water partition coefficient (Wildman–Crippen LogP) is 2.88. The third-order valence-electron chi connectivity index (χ3n) is 2.91. The lowest BCUT2D eigenvalue weighted by Crippen LogP contribution is -2.31. The van der Waals surface area contributed by atoms with Crippen LogP contribution in [0, 0.1) is 0 Å². The van der Waals surface area contributed by atoms with Crippen molar-refractivity contribution in [3.63, 3.8) is 0 Å². The van der Waals surface area contributed by atoms with E-state index in [-0.39, 0.29) is 18.1 Å². The van der Waals surface area contributed by atoms with Gasteiger partial charge in [0.25, 0.3) is 0 Å². The van der Waals surface area contributed by atoms with E-state index < -0.39 is 18.4 Å². The number of hydrogen-bond acceptors (Lipinski definition) is 3. The van der Waals surface area contributed by atoms with E-state index in [1.54, 1.807) is 6.07 Å². The molecular weight excluding hydrogens is 275 g/mol. The number of carboxylic acid groups (broad SMARTS) is 1. The van der Waals surface area contributed by atoms with Gasteiger partial charge in [-0.3, -0.25) is 4.79 Å². The zero-order valence-electron chi connectivity index (χ0n) is 10.9. The van der Waals surface area contributed by atoms with Crippen LogP contribution in [0.3, 0.4) is 0 Å². The van der Waals surface area contributed by atoms with Gasteiger partial charge >= 0.3 is 12.3 Å². The topological polar surface area (TPSA) is 72.6 Å². The second-order valence-electron chi connectivity index (χ2n) is 4.41. The van der Waals surface area contributed by atoms with Crippen LogP contribution in [0.4, 0.5) is 13.2 Å². The first-order chi connectivity index (χ1) is 9.23. The molecule has 0 fully saturated rings. The fourth-order valence-electron chi connectivity index (χ4n) is 1.91. The van der Waals surface area contributed by atoms with Crippen molar-refractivity contribution in [1.29, 1.82) is 0 Å². The van der Waals surface area contributed by atoms with Crippen LogP contribution in [0.5, 0.6) is 5.75 Å². The second kappa shape index (κ2) is 6.60. The highest BCUT2D eigenvalue weighted by molar-refractivity contribution is 5.73. The molecule has 0 amide bonds. The molecule has 112 valence electrons.